The first kappa shape index (κ1) is 14.1. The van der Waals surface area contributed by atoms with Crippen LogP contribution in [0.25, 0.3) is 16.8 Å². The first-order valence-corrected chi connectivity index (χ1v) is 6.88. The summed E-state index contributed by atoms with van der Waals surface area (Å²) in [6.45, 7) is 3.62. The summed E-state index contributed by atoms with van der Waals surface area (Å²) in [6, 6.07) is 10.4. The van der Waals surface area contributed by atoms with Crippen molar-refractivity contribution in [2.75, 3.05) is 6.61 Å². The van der Waals surface area contributed by atoms with E-state index < -0.39 is 5.97 Å². The number of ether oxygens (including phenoxy) is 1. The molecule has 0 unspecified atom stereocenters. The molecule has 0 spiro atoms. The summed E-state index contributed by atoms with van der Waals surface area (Å²) in [5.41, 5.74) is 1.20. The Morgan fingerprint density at radius 1 is 1.32 bits per heavy atom. The van der Waals surface area contributed by atoms with Gasteiger partial charge in [-0.2, -0.15) is 9.78 Å². The van der Waals surface area contributed by atoms with Crippen molar-refractivity contribution >= 4 is 17.1 Å². The Balaban J connectivity index is 2.27. The molecule has 0 saturated heterocycles. The highest BCUT2D eigenvalue weighted by Gasteiger charge is 2.19. The Hall–Kier alpha value is -2.89. The molecule has 2 aromatic heterocycles. The van der Waals surface area contributed by atoms with Crippen LogP contribution >= 0.6 is 0 Å². The number of carbonyl (C=O) groups excluding carboxylic acids is 1. The highest BCUT2D eigenvalue weighted by Crippen LogP contribution is 2.20. The van der Waals surface area contributed by atoms with Crippen LogP contribution < -0.4 is 5.43 Å². The number of hydrogen-bond acceptors (Lipinski definition) is 5. The average molecular weight is 298 g/mol. The van der Waals surface area contributed by atoms with Crippen molar-refractivity contribution in [3.63, 3.8) is 0 Å². The summed E-state index contributed by atoms with van der Waals surface area (Å²) in [4.78, 5) is 24.1. The predicted octanol–water partition coefficient (Wildman–Crippen LogP) is 2.46. The molecular formula is C16H14N2O4. The fourth-order valence-corrected chi connectivity index (χ4v) is 2.26. The van der Waals surface area contributed by atoms with Crippen molar-refractivity contribution in [1.29, 1.82) is 0 Å². The van der Waals surface area contributed by atoms with E-state index in [9.17, 15) is 9.59 Å². The molecule has 0 aliphatic heterocycles. The molecule has 0 fully saturated rings. The van der Waals surface area contributed by atoms with Gasteiger partial charge < -0.3 is 9.15 Å². The molecular weight excluding hydrogens is 284 g/mol. The zero-order valence-electron chi connectivity index (χ0n) is 12.2. The molecule has 112 valence electrons. The molecule has 6 heteroatoms. The first-order valence-electron chi connectivity index (χ1n) is 6.88. The molecule has 0 aliphatic rings. The van der Waals surface area contributed by atoms with Crippen LogP contribution in [0.3, 0.4) is 0 Å². The molecule has 0 N–H and O–H groups in total. The van der Waals surface area contributed by atoms with Crippen molar-refractivity contribution in [2.45, 2.75) is 13.8 Å². The van der Waals surface area contributed by atoms with E-state index in [-0.39, 0.29) is 23.5 Å². The van der Waals surface area contributed by atoms with Gasteiger partial charge in [0, 0.05) is 6.07 Å². The maximum atomic E-state index is 12.3. The fourth-order valence-electron chi connectivity index (χ4n) is 2.26. The van der Waals surface area contributed by atoms with Crippen molar-refractivity contribution in [3.8, 4) is 5.69 Å². The Morgan fingerprint density at radius 2 is 2.05 bits per heavy atom. The first-order chi connectivity index (χ1) is 10.6. The smallest absolute Gasteiger partial charge is 0.374 e. The van der Waals surface area contributed by atoms with Gasteiger partial charge in [-0.1, -0.05) is 18.2 Å². The molecule has 22 heavy (non-hydrogen) atoms. The van der Waals surface area contributed by atoms with E-state index >= 15 is 0 Å². The van der Waals surface area contributed by atoms with Crippen LogP contribution in [0.1, 0.15) is 23.2 Å². The lowest BCUT2D eigenvalue weighted by atomic mass is 10.2. The minimum absolute atomic E-state index is 0.128. The second-order valence-electron chi connectivity index (χ2n) is 4.71. The van der Waals surface area contributed by atoms with Crippen LogP contribution in [0, 0.1) is 6.92 Å². The predicted molar refractivity (Wildman–Crippen MR) is 80.3 cm³/mol. The van der Waals surface area contributed by atoms with E-state index in [2.05, 4.69) is 5.10 Å². The lowest BCUT2D eigenvalue weighted by molar-refractivity contribution is 0.0490. The maximum absolute atomic E-state index is 12.3. The SMILES string of the molecule is CCOC(=O)c1cc(=O)c2c(C)nn(-c3ccccc3)c2o1. The topological polar surface area (TPSA) is 74.3 Å². The highest BCUT2D eigenvalue weighted by atomic mass is 16.5. The molecule has 2 heterocycles. The quantitative estimate of drug-likeness (QED) is 0.694. The lowest BCUT2D eigenvalue weighted by Crippen LogP contribution is -2.10. The van der Waals surface area contributed by atoms with Gasteiger partial charge in [-0.25, -0.2) is 4.79 Å². The van der Waals surface area contributed by atoms with Crippen LogP contribution in [0.2, 0.25) is 0 Å². The maximum Gasteiger partial charge on any atom is 0.374 e. The number of hydrogen-bond donors (Lipinski definition) is 0. The summed E-state index contributed by atoms with van der Waals surface area (Å²) in [5.74, 6) is -0.795. The molecule has 1 aromatic carbocycles. The Morgan fingerprint density at radius 3 is 2.73 bits per heavy atom. The monoisotopic (exact) mass is 298 g/mol. The van der Waals surface area contributed by atoms with Crippen molar-refractivity contribution in [1.82, 2.24) is 9.78 Å². The number of carbonyl (C=O) groups is 1. The van der Waals surface area contributed by atoms with Gasteiger partial charge in [0.15, 0.2) is 5.43 Å². The molecule has 0 aliphatic carbocycles. The molecule has 3 rings (SSSR count). The molecule has 0 amide bonds. The third kappa shape index (κ3) is 2.28. The number of aromatic nitrogens is 2. The van der Waals surface area contributed by atoms with E-state index in [1.165, 1.54) is 4.68 Å². The van der Waals surface area contributed by atoms with Crippen LogP contribution in [-0.2, 0) is 4.74 Å². The lowest BCUT2D eigenvalue weighted by Gasteiger charge is -2.04. The number of nitrogens with zero attached hydrogens (tertiary/aromatic N) is 2. The summed E-state index contributed by atoms with van der Waals surface area (Å²) < 4.78 is 12.0. The molecule has 0 bridgehead atoms. The number of aryl methyl sites for hydroxylation is 1. The number of rotatable bonds is 3. The summed E-state index contributed by atoms with van der Waals surface area (Å²) in [7, 11) is 0. The van der Waals surface area contributed by atoms with Crippen LogP contribution in [0.5, 0.6) is 0 Å². The number of fused-ring (bicyclic) bond motifs is 1. The van der Waals surface area contributed by atoms with E-state index in [1.54, 1.807) is 13.8 Å². The van der Waals surface area contributed by atoms with Gasteiger partial charge in [-0.3, -0.25) is 4.79 Å². The summed E-state index contributed by atoms with van der Waals surface area (Å²) >= 11 is 0. The Kier molecular flexibility index (Phi) is 3.50. The third-order valence-corrected chi connectivity index (χ3v) is 3.21. The van der Waals surface area contributed by atoms with E-state index in [1.807, 2.05) is 30.3 Å². The number of esters is 1. The summed E-state index contributed by atoms with van der Waals surface area (Å²) in [5, 5.41) is 4.70. The standard InChI is InChI=1S/C16H14N2O4/c1-3-21-16(20)13-9-12(19)14-10(2)17-18(15(14)22-13)11-7-5-4-6-8-11/h4-9H,3H2,1-2H3. The number of benzene rings is 1. The van der Waals surface area contributed by atoms with Gasteiger partial charge in [0.2, 0.25) is 11.5 Å². The normalized spacial score (nSPS) is 10.8. The Bertz CT molecular complexity index is 894. The third-order valence-electron chi connectivity index (χ3n) is 3.21. The minimum Gasteiger partial charge on any atom is -0.460 e. The zero-order valence-corrected chi connectivity index (χ0v) is 12.2. The highest BCUT2D eigenvalue weighted by molar-refractivity contribution is 5.89. The zero-order chi connectivity index (χ0) is 15.7. The van der Waals surface area contributed by atoms with Gasteiger partial charge in [-0.15, -0.1) is 0 Å². The molecule has 0 saturated carbocycles. The molecule has 6 nitrogen and oxygen atoms in total. The molecule has 3 aromatic rings. The van der Waals surface area contributed by atoms with E-state index in [0.29, 0.717) is 11.1 Å². The van der Waals surface area contributed by atoms with Gasteiger partial charge in [0.1, 0.15) is 5.39 Å². The second kappa shape index (κ2) is 5.48. The van der Waals surface area contributed by atoms with Crippen LogP contribution in [-0.4, -0.2) is 22.4 Å². The van der Waals surface area contributed by atoms with Crippen molar-refractivity contribution in [3.05, 3.63) is 58.1 Å². The Labute approximate surface area is 125 Å². The van der Waals surface area contributed by atoms with Gasteiger partial charge >= 0.3 is 5.97 Å². The van der Waals surface area contributed by atoms with E-state index in [0.717, 1.165) is 11.8 Å². The van der Waals surface area contributed by atoms with Crippen LogP contribution in [0.4, 0.5) is 0 Å². The molecule has 0 atom stereocenters. The molecule has 0 radical (unpaired) electrons. The van der Waals surface area contributed by atoms with Crippen LogP contribution in [0.15, 0.2) is 45.6 Å². The van der Waals surface area contributed by atoms with Crippen molar-refractivity contribution < 1.29 is 13.9 Å². The van der Waals surface area contributed by atoms with Gasteiger partial charge in [0.25, 0.3) is 0 Å². The second-order valence-corrected chi connectivity index (χ2v) is 4.71. The van der Waals surface area contributed by atoms with Crippen molar-refractivity contribution in [2.24, 2.45) is 0 Å². The van der Waals surface area contributed by atoms with Gasteiger partial charge in [0.05, 0.1) is 18.0 Å². The number of para-hydroxylation sites is 1. The minimum atomic E-state index is -0.667. The van der Waals surface area contributed by atoms with Gasteiger partial charge in [-0.05, 0) is 26.0 Å². The summed E-state index contributed by atoms with van der Waals surface area (Å²) in [6.07, 6.45) is 0. The average Bonchev–Trinajstić information content (AvgIpc) is 2.86. The van der Waals surface area contributed by atoms with E-state index in [4.69, 9.17) is 9.15 Å². The fraction of sp³-hybridized carbons (Fsp3) is 0.188. The largest absolute Gasteiger partial charge is 0.460 e.